The highest BCUT2D eigenvalue weighted by molar-refractivity contribution is 8.00. The van der Waals surface area contributed by atoms with Crippen molar-refractivity contribution in [1.82, 2.24) is 14.9 Å². The maximum atomic E-state index is 4.40. The predicted molar refractivity (Wildman–Crippen MR) is 77.2 cm³/mol. The highest BCUT2D eigenvalue weighted by Gasteiger charge is 2.31. The Hall–Kier alpha value is -0.480. The van der Waals surface area contributed by atoms with Gasteiger partial charge in [0.25, 0.3) is 0 Å². The zero-order valence-electron chi connectivity index (χ0n) is 11.2. The van der Waals surface area contributed by atoms with Crippen molar-refractivity contribution in [3.63, 3.8) is 0 Å². The molecule has 1 aromatic heterocycles. The van der Waals surface area contributed by atoms with Crippen molar-refractivity contribution in [3.8, 4) is 0 Å². The average molecular weight is 265 g/mol. The van der Waals surface area contributed by atoms with Gasteiger partial charge in [-0.05, 0) is 44.9 Å². The maximum absolute atomic E-state index is 4.40. The van der Waals surface area contributed by atoms with Crippen molar-refractivity contribution in [2.75, 3.05) is 18.8 Å². The third-order valence-electron chi connectivity index (χ3n) is 4.26. The molecule has 0 bridgehead atoms. The molecule has 2 atom stereocenters. The van der Waals surface area contributed by atoms with Crippen molar-refractivity contribution in [3.05, 3.63) is 18.2 Å². The van der Waals surface area contributed by atoms with Crippen LogP contribution in [0.4, 0.5) is 0 Å². The van der Waals surface area contributed by atoms with Crippen LogP contribution in [-0.4, -0.2) is 33.1 Å². The molecule has 1 N–H and O–H groups in total. The number of hydrogen-bond donors (Lipinski definition) is 1. The summed E-state index contributed by atoms with van der Waals surface area (Å²) in [7, 11) is 0. The molecule has 4 heteroatoms. The standard InChI is InChI=1S/C14H23N3S/c1-14(5-3-7-18-14)10-17-11-16-9-13(17)12-4-2-6-15-8-12/h9,11-12,15H,2-8,10H2,1H3. The summed E-state index contributed by atoms with van der Waals surface area (Å²) in [4.78, 5) is 4.40. The minimum Gasteiger partial charge on any atom is -0.333 e. The van der Waals surface area contributed by atoms with Crippen molar-refractivity contribution >= 4 is 11.8 Å². The number of nitrogens with zero attached hydrogens (tertiary/aromatic N) is 2. The molecular formula is C14H23N3S. The number of aromatic nitrogens is 2. The lowest BCUT2D eigenvalue weighted by atomic mass is 9.96. The fourth-order valence-corrected chi connectivity index (χ4v) is 4.53. The number of hydrogen-bond acceptors (Lipinski definition) is 3. The molecule has 100 valence electrons. The first-order chi connectivity index (χ1) is 8.77. The largest absolute Gasteiger partial charge is 0.333 e. The van der Waals surface area contributed by atoms with Gasteiger partial charge in [-0.1, -0.05) is 0 Å². The lowest BCUT2D eigenvalue weighted by Crippen LogP contribution is -2.31. The smallest absolute Gasteiger partial charge is 0.0948 e. The molecule has 2 aliphatic rings. The number of nitrogens with one attached hydrogen (secondary N) is 1. The van der Waals surface area contributed by atoms with Crippen LogP contribution in [0.1, 0.15) is 44.2 Å². The lowest BCUT2D eigenvalue weighted by molar-refractivity contribution is 0.425. The Morgan fingerprint density at radius 2 is 2.50 bits per heavy atom. The minimum atomic E-state index is 0.428. The van der Waals surface area contributed by atoms with E-state index in [1.54, 1.807) is 0 Å². The Kier molecular flexibility index (Phi) is 3.66. The molecule has 1 aromatic rings. The summed E-state index contributed by atoms with van der Waals surface area (Å²) in [6.45, 7) is 5.84. The Labute approximate surface area is 114 Å². The number of imidazole rings is 1. The van der Waals surface area contributed by atoms with Gasteiger partial charge in [-0.25, -0.2) is 4.98 Å². The van der Waals surface area contributed by atoms with Gasteiger partial charge in [-0.3, -0.25) is 0 Å². The topological polar surface area (TPSA) is 29.9 Å². The average Bonchev–Trinajstić information content (AvgIpc) is 3.00. The summed E-state index contributed by atoms with van der Waals surface area (Å²) in [5.74, 6) is 1.99. The predicted octanol–water partition coefficient (Wildman–Crippen LogP) is 2.64. The van der Waals surface area contributed by atoms with E-state index in [9.17, 15) is 0 Å². The second-order valence-corrected chi connectivity index (χ2v) is 7.57. The molecule has 0 radical (unpaired) electrons. The van der Waals surface area contributed by atoms with Gasteiger partial charge in [0.05, 0.1) is 6.33 Å². The summed E-state index contributed by atoms with van der Waals surface area (Å²) in [6.07, 6.45) is 9.44. The van der Waals surface area contributed by atoms with Crippen LogP contribution in [-0.2, 0) is 6.54 Å². The summed E-state index contributed by atoms with van der Waals surface area (Å²) >= 11 is 2.13. The van der Waals surface area contributed by atoms with Crippen molar-refractivity contribution in [2.45, 2.75) is 49.8 Å². The maximum Gasteiger partial charge on any atom is 0.0948 e. The van der Waals surface area contributed by atoms with Gasteiger partial charge in [0.15, 0.2) is 0 Å². The van der Waals surface area contributed by atoms with E-state index in [1.807, 2.05) is 6.33 Å². The SMILES string of the molecule is CC1(Cn2cncc2C2CCCNC2)CCCS1. The van der Waals surface area contributed by atoms with Crippen LogP contribution in [0.3, 0.4) is 0 Å². The summed E-state index contributed by atoms with van der Waals surface area (Å²) < 4.78 is 2.84. The van der Waals surface area contributed by atoms with Crippen LogP contribution in [0.2, 0.25) is 0 Å². The van der Waals surface area contributed by atoms with Gasteiger partial charge in [-0.15, -0.1) is 0 Å². The Bertz CT molecular complexity index is 389. The first-order valence-corrected chi connectivity index (χ1v) is 8.10. The molecule has 0 saturated carbocycles. The first kappa shape index (κ1) is 12.5. The van der Waals surface area contributed by atoms with Crippen LogP contribution in [0, 0.1) is 0 Å². The number of thioether (sulfide) groups is 1. The fraction of sp³-hybridized carbons (Fsp3) is 0.786. The Balaban J connectivity index is 1.74. The molecule has 2 unspecified atom stereocenters. The van der Waals surface area contributed by atoms with Gasteiger partial charge in [0.1, 0.15) is 0 Å². The van der Waals surface area contributed by atoms with Gasteiger partial charge in [0.2, 0.25) is 0 Å². The normalized spacial score (nSPS) is 32.8. The van der Waals surface area contributed by atoms with Crippen LogP contribution < -0.4 is 5.32 Å². The van der Waals surface area contributed by atoms with Crippen LogP contribution in [0.15, 0.2) is 12.5 Å². The van der Waals surface area contributed by atoms with E-state index in [1.165, 1.54) is 43.7 Å². The quantitative estimate of drug-likeness (QED) is 0.911. The van der Waals surface area contributed by atoms with E-state index < -0.39 is 0 Å². The highest BCUT2D eigenvalue weighted by Crippen LogP contribution is 2.39. The van der Waals surface area contributed by atoms with Crippen molar-refractivity contribution in [1.29, 1.82) is 0 Å². The van der Waals surface area contributed by atoms with Gasteiger partial charge in [-0.2, -0.15) is 11.8 Å². The molecule has 3 heterocycles. The molecule has 0 amide bonds. The third-order valence-corrected chi connectivity index (χ3v) is 5.79. The second-order valence-electron chi connectivity index (χ2n) is 5.89. The van der Waals surface area contributed by atoms with E-state index in [0.29, 0.717) is 10.7 Å². The summed E-state index contributed by atoms with van der Waals surface area (Å²) in [5, 5.41) is 3.51. The van der Waals surface area contributed by atoms with E-state index >= 15 is 0 Å². The van der Waals surface area contributed by atoms with Gasteiger partial charge in [0, 0.05) is 35.6 Å². The summed E-state index contributed by atoms with van der Waals surface area (Å²) in [5.41, 5.74) is 1.44. The number of piperidine rings is 1. The molecule has 0 aromatic carbocycles. The Morgan fingerprint density at radius 1 is 1.56 bits per heavy atom. The molecule has 3 rings (SSSR count). The van der Waals surface area contributed by atoms with Crippen LogP contribution >= 0.6 is 11.8 Å². The zero-order chi connectivity index (χ0) is 12.4. The fourth-order valence-electron chi connectivity index (χ4n) is 3.23. The molecular weight excluding hydrogens is 242 g/mol. The van der Waals surface area contributed by atoms with Gasteiger partial charge < -0.3 is 9.88 Å². The second kappa shape index (κ2) is 5.25. The summed E-state index contributed by atoms with van der Waals surface area (Å²) in [6, 6.07) is 0. The third kappa shape index (κ3) is 2.59. The van der Waals surface area contributed by atoms with E-state index in [2.05, 4.69) is 39.8 Å². The minimum absolute atomic E-state index is 0.428. The number of rotatable bonds is 3. The lowest BCUT2D eigenvalue weighted by Gasteiger charge is -2.28. The van der Waals surface area contributed by atoms with E-state index in [0.717, 1.165) is 13.1 Å². The van der Waals surface area contributed by atoms with E-state index in [4.69, 9.17) is 0 Å². The molecule has 0 aliphatic carbocycles. The molecule has 3 nitrogen and oxygen atoms in total. The molecule has 18 heavy (non-hydrogen) atoms. The molecule has 2 fully saturated rings. The van der Waals surface area contributed by atoms with E-state index in [-0.39, 0.29) is 0 Å². The van der Waals surface area contributed by atoms with Crippen molar-refractivity contribution < 1.29 is 0 Å². The molecule has 0 spiro atoms. The zero-order valence-corrected chi connectivity index (χ0v) is 12.0. The molecule has 2 saturated heterocycles. The van der Waals surface area contributed by atoms with Gasteiger partial charge >= 0.3 is 0 Å². The van der Waals surface area contributed by atoms with Crippen LogP contribution in [0.25, 0.3) is 0 Å². The Morgan fingerprint density at radius 3 is 3.22 bits per heavy atom. The van der Waals surface area contributed by atoms with Crippen LogP contribution in [0.5, 0.6) is 0 Å². The highest BCUT2D eigenvalue weighted by atomic mass is 32.2. The first-order valence-electron chi connectivity index (χ1n) is 7.12. The monoisotopic (exact) mass is 265 g/mol. The molecule has 2 aliphatic heterocycles. The van der Waals surface area contributed by atoms with Crippen molar-refractivity contribution in [2.24, 2.45) is 0 Å².